The van der Waals surface area contributed by atoms with Crippen LogP contribution in [0.3, 0.4) is 0 Å². The molecule has 6 heteroatoms. The first kappa shape index (κ1) is 20.3. The topological polar surface area (TPSA) is 75.7 Å². The minimum Gasteiger partial charge on any atom is -0.454 e. The summed E-state index contributed by atoms with van der Waals surface area (Å²) in [5.41, 5.74) is 3.65. The van der Waals surface area contributed by atoms with Gasteiger partial charge in [-0.2, -0.15) is 0 Å². The van der Waals surface area contributed by atoms with Crippen LogP contribution in [-0.4, -0.2) is 31.3 Å². The second-order valence-electron chi connectivity index (χ2n) is 7.53. The van der Waals surface area contributed by atoms with Gasteiger partial charge >= 0.3 is 5.97 Å². The van der Waals surface area contributed by atoms with Gasteiger partial charge in [-0.15, -0.1) is 0 Å². The summed E-state index contributed by atoms with van der Waals surface area (Å²) in [4.78, 5) is 37.7. The van der Waals surface area contributed by atoms with Crippen LogP contribution in [0.25, 0.3) is 0 Å². The maximum Gasteiger partial charge on any atom is 0.338 e. The van der Waals surface area contributed by atoms with E-state index in [9.17, 15) is 14.4 Å². The summed E-state index contributed by atoms with van der Waals surface area (Å²) in [7, 11) is 1.93. The Morgan fingerprint density at radius 2 is 1.72 bits per heavy atom. The standard InChI is InChI=1S/C23H24N2O4/c1-15(26)24-17-11-9-16(10-12-17)22(28)29-14-18(27)13-21-23(2,3)19-7-5-6-8-20(19)25(21)4/h5-13H,14H2,1-4H3,(H,24,26). The Bertz CT molecular complexity index is 990. The van der Waals surface area contributed by atoms with Crippen LogP contribution in [-0.2, 0) is 19.7 Å². The van der Waals surface area contributed by atoms with E-state index in [0.29, 0.717) is 11.3 Å². The molecule has 2 aromatic rings. The van der Waals surface area contributed by atoms with Gasteiger partial charge in [-0.25, -0.2) is 4.79 Å². The minimum atomic E-state index is -0.589. The lowest BCUT2D eigenvalue weighted by molar-refractivity contribution is -0.117. The molecule has 6 nitrogen and oxygen atoms in total. The number of hydrogen-bond acceptors (Lipinski definition) is 5. The molecule has 0 bridgehead atoms. The fourth-order valence-corrected chi connectivity index (χ4v) is 3.57. The summed E-state index contributed by atoms with van der Waals surface area (Å²) in [5.74, 6) is -1.06. The number of fused-ring (bicyclic) bond motifs is 1. The van der Waals surface area contributed by atoms with Crippen LogP contribution < -0.4 is 10.2 Å². The Kier molecular flexibility index (Phi) is 5.55. The molecule has 1 N–H and O–H groups in total. The molecular weight excluding hydrogens is 368 g/mol. The molecule has 0 aliphatic carbocycles. The van der Waals surface area contributed by atoms with Gasteiger partial charge in [0.25, 0.3) is 0 Å². The van der Waals surface area contributed by atoms with E-state index in [-0.39, 0.29) is 23.7 Å². The van der Waals surface area contributed by atoms with Gasteiger partial charge in [0.2, 0.25) is 5.91 Å². The summed E-state index contributed by atoms with van der Waals surface area (Å²) in [6, 6.07) is 14.3. The number of anilines is 2. The third kappa shape index (κ3) is 4.21. The highest BCUT2D eigenvalue weighted by molar-refractivity contribution is 5.97. The van der Waals surface area contributed by atoms with E-state index in [1.165, 1.54) is 6.92 Å². The molecular formula is C23H24N2O4. The smallest absolute Gasteiger partial charge is 0.338 e. The molecule has 1 amide bonds. The van der Waals surface area contributed by atoms with Gasteiger partial charge in [-0.05, 0) is 35.9 Å². The Morgan fingerprint density at radius 1 is 1.07 bits per heavy atom. The van der Waals surface area contributed by atoms with Gasteiger partial charge in [0.15, 0.2) is 12.4 Å². The van der Waals surface area contributed by atoms with E-state index in [4.69, 9.17) is 4.74 Å². The van der Waals surface area contributed by atoms with Gasteiger partial charge in [0.1, 0.15) is 0 Å². The highest BCUT2D eigenvalue weighted by atomic mass is 16.5. The zero-order valence-electron chi connectivity index (χ0n) is 17.0. The summed E-state index contributed by atoms with van der Waals surface area (Å²) in [6.07, 6.45) is 1.55. The number of hydrogen-bond donors (Lipinski definition) is 1. The lowest BCUT2D eigenvalue weighted by Crippen LogP contribution is -2.25. The van der Waals surface area contributed by atoms with Crippen LogP contribution in [0, 0.1) is 0 Å². The second kappa shape index (κ2) is 7.91. The Labute approximate surface area is 170 Å². The number of carbonyl (C=O) groups excluding carboxylic acids is 3. The molecule has 0 saturated heterocycles. The average Bonchev–Trinajstić information content (AvgIpc) is 2.87. The number of allylic oxidation sites excluding steroid dienone is 1. The molecule has 150 valence electrons. The van der Waals surface area contributed by atoms with Crippen molar-refractivity contribution in [3.05, 3.63) is 71.4 Å². The number of ether oxygens (including phenoxy) is 1. The molecule has 0 saturated carbocycles. The van der Waals surface area contributed by atoms with E-state index in [2.05, 4.69) is 25.2 Å². The number of amides is 1. The molecule has 0 unspecified atom stereocenters. The predicted octanol–water partition coefficient (Wildman–Crippen LogP) is 3.68. The first-order valence-electron chi connectivity index (χ1n) is 9.33. The van der Waals surface area contributed by atoms with Crippen molar-refractivity contribution >= 4 is 29.0 Å². The average molecular weight is 392 g/mol. The molecule has 1 heterocycles. The molecule has 29 heavy (non-hydrogen) atoms. The molecule has 1 aliphatic rings. The van der Waals surface area contributed by atoms with E-state index in [1.54, 1.807) is 30.3 Å². The highest BCUT2D eigenvalue weighted by Gasteiger charge is 2.38. The van der Waals surface area contributed by atoms with Gasteiger partial charge in [0.05, 0.1) is 5.56 Å². The van der Waals surface area contributed by atoms with Crippen LogP contribution in [0.1, 0.15) is 36.7 Å². The number of carbonyl (C=O) groups is 3. The van der Waals surface area contributed by atoms with Crippen molar-refractivity contribution in [2.75, 3.05) is 23.9 Å². The predicted molar refractivity (Wildman–Crippen MR) is 112 cm³/mol. The van der Waals surface area contributed by atoms with Crippen molar-refractivity contribution in [1.29, 1.82) is 0 Å². The molecule has 0 spiro atoms. The number of benzene rings is 2. The maximum absolute atomic E-state index is 12.5. The number of nitrogens with one attached hydrogen (secondary N) is 1. The Morgan fingerprint density at radius 3 is 2.34 bits per heavy atom. The SMILES string of the molecule is CC(=O)Nc1ccc(C(=O)OCC(=O)C=C2N(C)c3ccccc3C2(C)C)cc1. The monoisotopic (exact) mass is 392 g/mol. The highest BCUT2D eigenvalue weighted by Crippen LogP contribution is 2.46. The zero-order chi connectivity index (χ0) is 21.2. The van der Waals surface area contributed by atoms with Gasteiger partial charge in [0, 0.05) is 42.5 Å². The molecule has 3 rings (SSSR count). The normalized spacial score (nSPS) is 15.7. The lowest BCUT2D eigenvalue weighted by atomic mass is 9.83. The third-order valence-corrected chi connectivity index (χ3v) is 5.02. The van der Waals surface area contributed by atoms with Crippen molar-refractivity contribution < 1.29 is 19.1 Å². The fraction of sp³-hybridized carbons (Fsp3) is 0.261. The van der Waals surface area contributed by atoms with Gasteiger partial charge in [-0.1, -0.05) is 32.0 Å². The molecule has 1 aliphatic heterocycles. The van der Waals surface area contributed by atoms with Crippen LogP contribution in [0.5, 0.6) is 0 Å². The maximum atomic E-state index is 12.5. The van der Waals surface area contributed by atoms with Gasteiger partial charge < -0.3 is 15.0 Å². The number of likely N-dealkylation sites (N-methyl/N-ethyl adjacent to an activating group) is 1. The quantitative estimate of drug-likeness (QED) is 0.621. The Hall–Kier alpha value is -3.41. The van der Waals surface area contributed by atoms with Crippen LogP contribution in [0.4, 0.5) is 11.4 Å². The largest absolute Gasteiger partial charge is 0.454 e. The van der Waals surface area contributed by atoms with E-state index < -0.39 is 5.97 Å². The van der Waals surface area contributed by atoms with Crippen LogP contribution >= 0.6 is 0 Å². The van der Waals surface area contributed by atoms with Crippen LogP contribution in [0.15, 0.2) is 60.3 Å². The van der Waals surface area contributed by atoms with Crippen molar-refractivity contribution in [2.45, 2.75) is 26.2 Å². The van der Waals surface area contributed by atoms with Crippen molar-refractivity contribution in [3.8, 4) is 0 Å². The summed E-state index contributed by atoms with van der Waals surface area (Å²) < 4.78 is 5.16. The lowest BCUT2D eigenvalue weighted by Gasteiger charge is -2.23. The van der Waals surface area contributed by atoms with Gasteiger partial charge in [-0.3, -0.25) is 9.59 Å². The van der Waals surface area contributed by atoms with E-state index in [1.807, 2.05) is 30.1 Å². The van der Waals surface area contributed by atoms with Crippen LogP contribution in [0.2, 0.25) is 0 Å². The first-order chi connectivity index (χ1) is 13.7. The number of rotatable bonds is 5. The van der Waals surface area contributed by atoms with E-state index >= 15 is 0 Å². The summed E-state index contributed by atoms with van der Waals surface area (Å²) >= 11 is 0. The van der Waals surface area contributed by atoms with E-state index in [0.717, 1.165) is 16.9 Å². The second-order valence-corrected chi connectivity index (χ2v) is 7.53. The molecule has 0 radical (unpaired) electrons. The number of ketones is 1. The molecule has 0 aromatic heterocycles. The van der Waals surface area contributed by atoms with Crippen molar-refractivity contribution in [1.82, 2.24) is 0 Å². The number of para-hydroxylation sites is 1. The third-order valence-electron chi connectivity index (χ3n) is 5.02. The fourth-order valence-electron chi connectivity index (χ4n) is 3.57. The zero-order valence-corrected chi connectivity index (χ0v) is 17.0. The number of esters is 1. The summed E-state index contributed by atoms with van der Waals surface area (Å²) in [6.45, 7) is 5.20. The first-order valence-corrected chi connectivity index (χ1v) is 9.33. The minimum absolute atomic E-state index is 0.194. The molecule has 0 fully saturated rings. The number of nitrogens with zero attached hydrogens (tertiary/aromatic N) is 1. The Balaban J connectivity index is 1.65. The van der Waals surface area contributed by atoms with Crippen molar-refractivity contribution in [2.24, 2.45) is 0 Å². The van der Waals surface area contributed by atoms with Crippen molar-refractivity contribution in [3.63, 3.8) is 0 Å². The summed E-state index contributed by atoms with van der Waals surface area (Å²) in [5, 5.41) is 2.62. The molecule has 2 aromatic carbocycles. The molecule has 0 atom stereocenters.